The summed E-state index contributed by atoms with van der Waals surface area (Å²) in [7, 11) is -2.75. The molecule has 158 valence electrons. The molecule has 0 aliphatic rings. The van der Waals surface area contributed by atoms with Crippen LogP contribution in [-0.4, -0.2) is 19.3 Å². The molecule has 0 spiro atoms. The molecule has 0 N–H and O–H groups in total. The highest BCUT2D eigenvalue weighted by atomic mass is 28.4. The molecule has 0 amide bonds. The molecule has 2 aromatic carbocycles. The van der Waals surface area contributed by atoms with Crippen molar-refractivity contribution in [1.29, 1.82) is 0 Å². The lowest BCUT2D eigenvalue weighted by atomic mass is 10.2. The van der Waals surface area contributed by atoms with E-state index in [0.717, 1.165) is 10.4 Å². The summed E-state index contributed by atoms with van der Waals surface area (Å²) in [5.41, 5.74) is 0.991. The minimum Gasteiger partial charge on any atom is -0.423 e. The Hall–Kier alpha value is -3.20. The zero-order valence-corrected chi connectivity index (χ0v) is 19.4. The molecule has 3 rings (SSSR count). The number of terminal acetylenes is 1. The third-order valence-corrected chi connectivity index (χ3v) is 10.2. The normalized spacial score (nSPS) is 11.6. The van der Waals surface area contributed by atoms with Gasteiger partial charge in [0.1, 0.15) is 5.69 Å². The van der Waals surface area contributed by atoms with Gasteiger partial charge < -0.3 is 9.16 Å². The molecule has 5 heteroatoms. The summed E-state index contributed by atoms with van der Waals surface area (Å²) in [4.78, 5) is 16.1. The maximum atomic E-state index is 11.7. The molecule has 0 saturated carbocycles. The van der Waals surface area contributed by atoms with Crippen LogP contribution in [0.25, 0.3) is 0 Å². The molecule has 0 unspecified atom stereocenters. The van der Waals surface area contributed by atoms with Gasteiger partial charge in [-0.3, -0.25) is 9.78 Å². The lowest BCUT2D eigenvalue weighted by Gasteiger charge is -2.43. The van der Waals surface area contributed by atoms with E-state index in [1.807, 2.05) is 36.4 Å². The van der Waals surface area contributed by atoms with Crippen LogP contribution in [0.3, 0.4) is 0 Å². The number of aromatic nitrogens is 1. The Balaban J connectivity index is 2.14. The first-order chi connectivity index (χ1) is 14.8. The highest BCUT2D eigenvalue weighted by molar-refractivity contribution is 6.99. The van der Waals surface area contributed by atoms with Gasteiger partial charge in [-0.05, 0) is 21.5 Å². The summed E-state index contributed by atoms with van der Waals surface area (Å²) in [5.74, 6) is 2.41. The molecule has 0 saturated heterocycles. The lowest BCUT2D eigenvalue weighted by Crippen LogP contribution is -2.66. The number of carbonyl (C=O) groups excluding carboxylic acids is 1. The van der Waals surface area contributed by atoms with Gasteiger partial charge in [0.15, 0.2) is 5.75 Å². The summed E-state index contributed by atoms with van der Waals surface area (Å²) >= 11 is 0. The van der Waals surface area contributed by atoms with Gasteiger partial charge in [0, 0.05) is 13.1 Å². The second kappa shape index (κ2) is 9.30. The number of carbonyl (C=O) groups is 1. The number of pyridine rings is 1. The zero-order chi connectivity index (χ0) is 22.5. The third-order valence-electron chi connectivity index (χ3n) is 5.22. The van der Waals surface area contributed by atoms with Crippen molar-refractivity contribution < 1.29 is 14.0 Å². The zero-order valence-electron chi connectivity index (χ0n) is 18.4. The number of hydrogen-bond donors (Lipinski definition) is 0. The summed E-state index contributed by atoms with van der Waals surface area (Å²) < 4.78 is 12.3. The van der Waals surface area contributed by atoms with E-state index in [4.69, 9.17) is 15.6 Å². The number of rotatable bonds is 6. The second-order valence-electron chi connectivity index (χ2n) is 8.32. The maximum Gasteiger partial charge on any atom is 0.308 e. The van der Waals surface area contributed by atoms with Crippen molar-refractivity contribution in [2.75, 3.05) is 0 Å². The van der Waals surface area contributed by atoms with Gasteiger partial charge in [0.05, 0.1) is 12.2 Å². The van der Waals surface area contributed by atoms with Crippen LogP contribution in [-0.2, 0) is 15.8 Å². The van der Waals surface area contributed by atoms with Crippen LogP contribution in [0, 0.1) is 12.3 Å². The summed E-state index contributed by atoms with van der Waals surface area (Å²) in [5, 5.41) is 2.15. The Morgan fingerprint density at radius 3 is 2.00 bits per heavy atom. The Labute approximate surface area is 185 Å². The average Bonchev–Trinajstić information content (AvgIpc) is 2.75. The summed E-state index contributed by atoms with van der Waals surface area (Å²) in [6, 6.07) is 22.3. The Morgan fingerprint density at radius 2 is 1.55 bits per heavy atom. The van der Waals surface area contributed by atoms with Gasteiger partial charge in [0.2, 0.25) is 0 Å². The average molecular weight is 430 g/mol. The van der Waals surface area contributed by atoms with Gasteiger partial charge in [-0.2, -0.15) is 0 Å². The summed E-state index contributed by atoms with van der Waals surface area (Å²) in [6.45, 7) is 8.14. The number of hydrogen-bond acceptors (Lipinski definition) is 4. The van der Waals surface area contributed by atoms with Crippen LogP contribution in [0.15, 0.2) is 72.9 Å². The van der Waals surface area contributed by atoms with Gasteiger partial charge in [-0.1, -0.05) is 87.4 Å². The van der Waals surface area contributed by atoms with Crippen molar-refractivity contribution in [3.8, 4) is 18.1 Å². The topological polar surface area (TPSA) is 48.4 Å². The van der Waals surface area contributed by atoms with Crippen molar-refractivity contribution in [1.82, 2.24) is 4.98 Å². The molecule has 31 heavy (non-hydrogen) atoms. The van der Waals surface area contributed by atoms with Crippen LogP contribution in [0.4, 0.5) is 0 Å². The fourth-order valence-electron chi connectivity index (χ4n) is 3.90. The molecular formula is C26H27NO3Si. The molecule has 0 aliphatic heterocycles. The molecule has 1 aromatic heterocycles. The van der Waals surface area contributed by atoms with Crippen LogP contribution in [0.5, 0.6) is 5.75 Å². The quantitative estimate of drug-likeness (QED) is 0.337. The first-order valence-electron chi connectivity index (χ1n) is 10.2. The molecule has 3 aromatic rings. The van der Waals surface area contributed by atoms with E-state index in [-0.39, 0.29) is 17.4 Å². The van der Waals surface area contributed by atoms with Gasteiger partial charge >= 0.3 is 5.97 Å². The van der Waals surface area contributed by atoms with Crippen LogP contribution in [0.2, 0.25) is 5.04 Å². The van der Waals surface area contributed by atoms with Gasteiger partial charge in [-0.25, -0.2) is 0 Å². The SMILES string of the molecule is C#Cc1ccnc(CO[Si](c2ccccc2)(c2ccccc2)C(C)(C)C)c1OC(C)=O. The Kier molecular flexibility index (Phi) is 6.74. The van der Waals surface area contributed by atoms with Gasteiger partial charge in [-0.15, -0.1) is 6.42 Å². The molecule has 4 nitrogen and oxygen atoms in total. The number of nitrogens with zero attached hydrogens (tertiary/aromatic N) is 1. The van der Waals surface area contributed by atoms with E-state index >= 15 is 0 Å². The van der Waals surface area contributed by atoms with E-state index in [2.05, 4.69) is 55.9 Å². The van der Waals surface area contributed by atoms with E-state index < -0.39 is 14.3 Å². The minimum atomic E-state index is -2.75. The van der Waals surface area contributed by atoms with E-state index in [9.17, 15) is 4.79 Å². The van der Waals surface area contributed by atoms with E-state index in [1.54, 1.807) is 12.3 Å². The van der Waals surface area contributed by atoms with Crippen LogP contribution < -0.4 is 15.1 Å². The van der Waals surface area contributed by atoms with Crippen molar-refractivity contribution >= 4 is 24.7 Å². The van der Waals surface area contributed by atoms with Gasteiger partial charge in [0.25, 0.3) is 8.32 Å². The standard InChI is InChI=1S/C26H27NO3Si/c1-6-21-17-18-27-24(25(21)30-20(2)28)19-29-31(26(3,4)5,22-13-9-7-10-14-22)23-15-11-8-12-16-23/h1,7-18H,19H2,2-5H3. The Morgan fingerprint density at radius 1 is 1.00 bits per heavy atom. The minimum absolute atomic E-state index is 0.172. The lowest BCUT2D eigenvalue weighted by molar-refractivity contribution is -0.132. The predicted octanol–water partition coefficient (Wildman–Crippen LogP) is 4.06. The maximum absolute atomic E-state index is 11.7. The summed E-state index contributed by atoms with van der Waals surface area (Å²) in [6.07, 6.45) is 7.24. The van der Waals surface area contributed by atoms with E-state index in [0.29, 0.717) is 11.3 Å². The first kappa shape index (κ1) is 22.5. The molecular weight excluding hydrogens is 402 g/mol. The molecule has 0 atom stereocenters. The first-order valence-corrected chi connectivity index (χ1v) is 12.1. The molecule has 0 fully saturated rings. The molecule has 0 radical (unpaired) electrons. The molecule has 0 bridgehead atoms. The second-order valence-corrected chi connectivity index (χ2v) is 12.6. The molecule has 1 heterocycles. The number of benzene rings is 2. The van der Waals surface area contributed by atoms with Crippen molar-refractivity contribution in [2.45, 2.75) is 39.3 Å². The fraction of sp³-hybridized carbons (Fsp3) is 0.231. The molecule has 0 aliphatic carbocycles. The fourth-order valence-corrected chi connectivity index (χ4v) is 8.41. The predicted molar refractivity (Wildman–Crippen MR) is 126 cm³/mol. The largest absolute Gasteiger partial charge is 0.423 e. The number of esters is 1. The highest BCUT2D eigenvalue weighted by Gasteiger charge is 2.50. The smallest absolute Gasteiger partial charge is 0.308 e. The van der Waals surface area contributed by atoms with Crippen LogP contribution in [0.1, 0.15) is 39.0 Å². The Bertz CT molecular complexity index is 1040. The van der Waals surface area contributed by atoms with Crippen molar-refractivity contribution in [3.05, 3.63) is 84.2 Å². The third kappa shape index (κ3) is 4.61. The monoisotopic (exact) mass is 429 g/mol. The highest BCUT2D eigenvalue weighted by Crippen LogP contribution is 2.37. The van der Waals surface area contributed by atoms with Crippen molar-refractivity contribution in [3.63, 3.8) is 0 Å². The van der Waals surface area contributed by atoms with Crippen molar-refractivity contribution in [2.24, 2.45) is 0 Å². The van der Waals surface area contributed by atoms with E-state index in [1.165, 1.54) is 6.92 Å². The van der Waals surface area contributed by atoms with Crippen LogP contribution >= 0.6 is 0 Å². The number of ether oxygens (including phenoxy) is 1.